The second-order valence-electron chi connectivity index (χ2n) is 4.70. The number of fused-ring (bicyclic) bond motifs is 1. The molecular formula is C14H14ClN3O. The van der Waals surface area contributed by atoms with Crippen molar-refractivity contribution in [3.05, 3.63) is 40.8 Å². The van der Waals surface area contributed by atoms with Crippen LogP contribution in [0.3, 0.4) is 0 Å². The number of primary amides is 1. The Morgan fingerprint density at radius 3 is 3.00 bits per heavy atom. The number of carbonyl (C=O) groups is 1. The molecule has 0 aromatic carbocycles. The molecule has 0 saturated carbocycles. The summed E-state index contributed by atoms with van der Waals surface area (Å²) in [6.45, 7) is 0.892. The number of hydrogen-bond acceptors (Lipinski definition) is 2. The van der Waals surface area contributed by atoms with E-state index in [-0.39, 0.29) is 5.91 Å². The number of halogens is 1. The molecule has 0 atom stereocenters. The Morgan fingerprint density at radius 1 is 1.42 bits per heavy atom. The topological polar surface area (TPSA) is 60.9 Å². The average Bonchev–Trinajstić information content (AvgIpc) is 2.79. The van der Waals surface area contributed by atoms with Gasteiger partial charge >= 0.3 is 0 Å². The van der Waals surface area contributed by atoms with Crippen molar-refractivity contribution in [1.29, 1.82) is 0 Å². The zero-order valence-electron chi connectivity index (χ0n) is 10.4. The maximum absolute atomic E-state index is 11.6. The number of hydrogen-bond donors (Lipinski definition) is 1. The van der Waals surface area contributed by atoms with E-state index < -0.39 is 0 Å². The van der Waals surface area contributed by atoms with E-state index in [4.69, 9.17) is 17.3 Å². The van der Waals surface area contributed by atoms with Crippen molar-refractivity contribution in [3.8, 4) is 11.3 Å². The Labute approximate surface area is 116 Å². The highest BCUT2D eigenvalue weighted by molar-refractivity contribution is 6.32. The van der Waals surface area contributed by atoms with Crippen LogP contribution in [0, 0.1) is 0 Å². The minimum Gasteiger partial charge on any atom is -0.366 e. The third kappa shape index (κ3) is 2.02. The van der Waals surface area contributed by atoms with Crippen LogP contribution in [0.4, 0.5) is 0 Å². The molecule has 98 valence electrons. The van der Waals surface area contributed by atoms with E-state index in [1.807, 2.05) is 18.2 Å². The van der Waals surface area contributed by atoms with Gasteiger partial charge in [-0.25, -0.2) is 4.98 Å². The van der Waals surface area contributed by atoms with Gasteiger partial charge in [0.15, 0.2) is 0 Å². The Bertz CT molecular complexity index is 648. The van der Waals surface area contributed by atoms with Crippen LogP contribution in [0.5, 0.6) is 0 Å². The van der Waals surface area contributed by atoms with Crippen LogP contribution >= 0.6 is 11.6 Å². The first kappa shape index (κ1) is 12.2. The molecule has 2 aromatic rings. The van der Waals surface area contributed by atoms with Crippen LogP contribution in [0.1, 0.15) is 28.9 Å². The summed E-state index contributed by atoms with van der Waals surface area (Å²) >= 11 is 6.15. The second kappa shape index (κ2) is 4.70. The molecule has 4 nitrogen and oxygen atoms in total. The molecule has 0 unspecified atom stereocenters. The van der Waals surface area contributed by atoms with Gasteiger partial charge in [-0.15, -0.1) is 0 Å². The maximum Gasteiger partial charge on any atom is 0.250 e. The highest BCUT2D eigenvalue weighted by Gasteiger charge is 2.22. The van der Waals surface area contributed by atoms with E-state index in [0.29, 0.717) is 10.7 Å². The lowest BCUT2D eigenvalue weighted by Crippen LogP contribution is -2.17. The predicted octanol–water partition coefficient (Wildman–Crippen LogP) is 2.64. The SMILES string of the molecule is NC(=O)c1cc(-c2cccnc2Cl)n2c1CCCC2. The molecule has 3 rings (SSSR count). The highest BCUT2D eigenvalue weighted by Crippen LogP contribution is 2.33. The lowest BCUT2D eigenvalue weighted by molar-refractivity contribution is 0.0999. The number of aromatic nitrogens is 2. The van der Waals surface area contributed by atoms with Gasteiger partial charge < -0.3 is 10.3 Å². The van der Waals surface area contributed by atoms with Gasteiger partial charge in [-0.05, 0) is 37.5 Å². The zero-order valence-corrected chi connectivity index (χ0v) is 11.2. The van der Waals surface area contributed by atoms with Gasteiger partial charge in [-0.3, -0.25) is 4.79 Å². The molecule has 19 heavy (non-hydrogen) atoms. The van der Waals surface area contributed by atoms with Crippen LogP contribution in [0.25, 0.3) is 11.3 Å². The lowest BCUT2D eigenvalue weighted by Gasteiger charge is -2.19. The fourth-order valence-electron chi connectivity index (χ4n) is 2.69. The Balaban J connectivity index is 2.22. The van der Waals surface area contributed by atoms with Gasteiger partial charge in [0, 0.05) is 24.0 Å². The molecule has 0 fully saturated rings. The molecule has 0 spiro atoms. The molecule has 1 aliphatic heterocycles. The van der Waals surface area contributed by atoms with Crippen molar-refractivity contribution >= 4 is 17.5 Å². The van der Waals surface area contributed by atoms with E-state index >= 15 is 0 Å². The van der Waals surface area contributed by atoms with E-state index in [0.717, 1.165) is 42.8 Å². The van der Waals surface area contributed by atoms with Crippen molar-refractivity contribution in [2.45, 2.75) is 25.8 Å². The van der Waals surface area contributed by atoms with Crippen molar-refractivity contribution in [1.82, 2.24) is 9.55 Å². The van der Waals surface area contributed by atoms with Crippen LogP contribution < -0.4 is 5.73 Å². The molecule has 0 saturated heterocycles. The molecule has 2 aromatic heterocycles. The fraction of sp³-hybridized carbons (Fsp3) is 0.286. The van der Waals surface area contributed by atoms with Gasteiger partial charge in [0.05, 0.1) is 11.3 Å². The highest BCUT2D eigenvalue weighted by atomic mass is 35.5. The molecule has 0 radical (unpaired) electrons. The van der Waals surface area contributed by atoms with Gasteiger partial charge in [-0.1, -0.05) is 11.6 Å². The summed E-state index contributed by atoms with van der Waals surface area (Å²) < 4.78 is 2.15. The molecule has 0 aliphatic carbocycles. The number of carbonyl (C=O) groups excluding carboxylic acids is 1. The summed E-state index contributed by atoms with van der Waals surface area (Å²) in [4.78, 5) is 15.7. The van der Waals surface area contributed by atoms with Crippen molar-refractivity contribution in [2.75, 3.05) is 0 Å². The molecule has 5 heteroatoms. The minimum absolute atomic E-state index is 0.378. The normalized spacial score (nSPS) is 14.2. The third-order valence-corrected chi connectivity index (χ3v) is 3.86. The van der Waals surface area contributed by atoms with Crippen molar-refractivity contribution in [3.63, 3.8) is 0 Å². The quantitative estimate of drug-likeness (QED) is 0.857. The summed E-state index contributed by atoms with van der Waals surface area (Å²) in [5.41, 5.74) is 8.87. The van der Waals surface area contributed by atoms with Crippen molar-refractivity contribution in [2.24, 2.45) is 5.73 Å². The first-order chi connectivity index (χ1) is 9.18. The standard InChI is InChI=1S/C14H14ClN3O/c15-13-9(4-3-6-17-13)12-8-10(14(16)19)11-5-1-2-7-18(11)12/h3-4,6,8H,1-2,5,7H2,(H2,16,19). The van der Waals surface area contributed by atoms with Gasteiger partial charge in [0.2, 0.25) is 0 Å². The molecule has 1 aliphatic rings. The average molecular weight is 276 g/mol. The molecule has 2 N–H and O–H groups in total. The smallest absolute Gasteiger partial charge is 0.250 e. The van der Waals surface area contributed by atoms with Gasteiger partial charge in [0.1, 0.15) is 5.15 Å². The van der Waals surface area contributed by atoms with Crippen LogP contribution in [-0.2, 0) is 13.0 Å². The summed E-state index contributed by atoms with van der Waals surface area (Å²) in [7, 11) is 0. The van der Waals surface area contributed by atoms with E-state index in [9.17, 15) is 4.79 Å². The monoisotopic (exact) mass is 275 g/mol. The summed E-state index contributed by atoms with van der Waals surface area (Å²) in [6, 6.07) is 5.59. The number of nitrogens with zero attached hydrogens (tertiary/aromatic N) is 2. The second-order valence-corrected chi connectivity index (χ2v) is 5.06. The Morgan fingerprint density at radius 2 is 2.26 bits per heavy atom. The largest absolute Gasteiger partial charge is 0.366 e. The molecule has 1 amide bonds. The molecule has 0 bridgehead atoms. The number of pyridine rings is 1. The lowest BCUT2D eigenvalue weighted by atomic mass is 10.1. The van der Waals surface area contributed by atoms with Gasteiger partial charge in [-0.2, -0.15) is 0 Å². The van der Waals surface area contributed by atoms with Crippen LogP contribution in [-0.4, -0.2) is 15.5 Å². The van der Waals surface area contributed by atoms with Crippen LogP contribution in [0.15, 0.2) is 24.4 Å². The summed E-state index contributed by atoms with van der Waals surface area (Å²) in [6.07, 6.45) is 4.73. The Hall–Kier alpha value is -1.81. The van der Waals surface area contributed by atoms with Crippen LogP contribution in [0.2, 0.25) is 5.15 Å². The predicted molar refractivity (Wildman–Crippen MR) is 74.1 cm³/mol. The minimum atomic E-state index is -0.378. The van der Waals surface area contributed by atoms with Crippen molar-refractivity contribution < 1.29 is 4.79 Å². The number of nitrogens with two attached hydrogens (primary N) is 1. The first-order valence-electron chi connectivity index (χ1n) is 6.31. The third-order valence-electron chi connectivity index (χ3n) is 3.55. The Kier molecular flexibility index (Phi) is 3.03. The molecular weight excluding hydrogens is 262 g/mol. The summed E-state index contributed by atoms with van der Waals surface area (Å²) in [5.74, 6) is -0.378. The number of rotatable bonds is 2. The zero-order chi connectivity index (χ0) is 13.4. The number of amides is 1. The van der Waals surface area contributed by atoms with E-state index in [1.165, 1.54) is 0 Å². The first-order valence-corrected chi connectivity index (χ1v) is 6.69. The van der Waals surface area contributed by atoms with E-state index in [1.54, 1.807) is 6.20 Å². The van der Waals surface area contributed by atoms with Gasteiger partial charge in [0.25, 0.3) is 5.91 Å². The summed E-state index contributed by atoms with van der Waals surface area (Å²) in [5, 5.41) is 0.449. The maximum atomic E-state index is 11.6. The fourth-order valence-corrected chi connectivity index (χ4v) is 2.91. The molecule has 3 heterocycles. The van der Waals surface area contributed by atoms with E-state index in [2.05, 4.69) is 9.55 Å².